The number of halogens is 1. The number of hydrogen-bond acceptors (Lipinski definition) is 2. The monoisotopic (exact) mass is 266 g/mol. The molecule has 0 aromatic heterocycles. The molecule has 0 unspecified atom stereocenters. The number of hydrogen-bond donors (Lipinski definition) is 1. The fraction of sp³-hybridized carbons (Fsp3) is 0.385. The molecule has 0 saturated heterocycles. The number of alkyl halides is 1. The first-order chi connectivity index (χ1) is 8.63. The molecule has 5 heteroatoms. The Balaban J connectivity index is 2.28. The maximum Gasteiger partial charge on any atom is 0.240 e. The maximum atomic E-state index is 12.0. The molecule has 0 saturated carbocycles. The second-order valence-corrected chi connectivity index (χ2v) is 4.73. The molecule has 4 nitrogen and oxygen atoms in total. The molecule has 2 amide bonds. The summed E-state index contributed by atoms with van der Waals surface area (Å²) in [6.45, 7) is 0.430. The fourth-order valence-electron chi connectivity index (χ4n) is 2.26. The number of primary amides is 1. The highest BCUT2D eigenvalue weighted by molar-refractivity contribution is 6.19. The van der Waals surface area contributed by atoms with Crippen LogP contribution in [0.5, 0.6) is 0 Å². The summed E-state index contributed by atoms with van der Waals surface area (Å²) in [4.78, 5) is 25.0. The SMILES string of the molecule is NC(=O)[C@@H]1Cc2ccccc2CN1C(=O)CCCl. The van der Waals surface area contributed by atoms with E-state index >= 15 is 0 Å². The summed E-state index contributed by atoms with van der Waals surface area (Å²) in [5, 5.41) is 0. The van der Waals surface area contributed by atoms with Crippen LogP contribution < -0.4 is 5.73 Å². The molecule has 18 heavy (non-hydrogen) atoms. The topological polar surface area (TPSA) is 63.4 Å². The lowest BCUT2D eigenvalue weighted by molar-refractivity contribution is -0.140. The number of carbonyl (C=O) groups is 2. The largest absolute Gasteiger partial charge is 0.368 e. The average Bonchev–Trinajstić information content (AvgIpc) is 2.37. The first-order valence-corrected chi connectivity index (χ1v) is 6.38. The van der Waals surface area contributed by atoms with E-state index in [9.17, 15) is 9.59 Å². The molecule has 1 aliphatic rings. The van der Waals surface area contributed by atoms with Gasteiger partial charge in [-0.3, -0.25) is 9.59 Å². The summed E-state index contributed by atoms with van der Waals surface area (Å²) >= 11 is 5.58. The summed E-state index contributed by atoms with van der Waals surface area (Å²) in [6.07, 6.45) is 0.715. The Kier molecular flexibility index (Phi) is 3.87. The summed E-state index contributed by atoms with van der Waals surface area (Å²) in [7, 11) is 0. The zero-order valence-corrected chi connectivity index (χ0v) is 10.7. The van der Waals surface area contributed by atoms with E-state index in [2.05, 4.69) is 0 Å². The van der Waals surface area contributed by atoms with Gasteiger partial charge < -0.3 is 10.6 Å². The van der Waals surface area contributed by atoms with Crippen LogP contribution in [-0.4, -0.2) is 28.6 Å². The van der Waals surface area contributed by atoms with Crippen molar-refractivity contribution >= 4 is 23.4 Å². The van der Waals surface area contributed by atoms with Crippen molar-refractivity contribution in [2.24, 2.45) is 5.73 Å². The molecule has 0 aliphatic carbocycles. The van der Waals surface area contributed by atoms with Crippen LogP contribution in [0.4, 0.5) is 0 Å². The lowest BCUT2D eigenvalue weighted by Crippen LogP contribution is -2.51. The molecule has 1 aromatic carbocycles. The van der Waals surface area contributed by atoms with Crippen LogP contribution in [-0.2, 0) is 22.6 Å². The zero-order chi connectivity index (χ0) is 13.1. The van der Waals surface area contributed by atoms with Gasteiger partial charge >= 0.3 is 0 Å². The number of nitrogens with two attached hydrogens (primary N) is 1. The van der Waals surface area contributed by atoms with E-state index in [0.717, 1.165) is 11.1 Å². The third-order valence-corrected chi connectivity index (χ3v) is 3.39. The van der Waals surface area contributed by atoms with Crippen molar-refractivity contribution < 1.29 is 9.59 Å². The van der Waals surface area contributed by atoms with Crippen molar-refractivity contribution in [3.8, 4) is 0 Å². The van der Waals surface area contributed by atoms with E-state index in [-0.39, 0.29) is 18.2 Å². The Bertz CT molecular complexity index is 476. The van der Waals surface area contributed by atoms with E-state index in [1.807, 2.05) is 24.3 Å². The highest BCUT2D eigenvalue weighted by Gasteiger charge is 2.32. The average molecular weight is 267 g/mol. The molecule has 96 valence electrons. The number of amides is 2. The lowest BCUT2D eigenvalue weighted by Gasteiger charge is -2.35. The molecule has 1 aromatic rings. The van der Waals surface area contributed by atoms with Crippen LogP contribution in [0.25, 0.3) is 0 Å². The first-order valence-electron chi connectivity index (χ1n) is 5.85. The third-order valence-electron chi connectivity index (χ3n) is 3.21. The van der Waals surface area contributed by atoms with Gasteiger partial charge in [0.1, 0.15) is 6.04 Å². The smallest absolute Gasteiger partial charge is 0.240 e. The van der Waals surface area contributed by atoms with Gasteiger partial charge in [0.2, 0.25) is 11.8 Å². The zero-order valence-electron chi connectivity index (χ0n) is 9.93. The van der Waals surface area contributed by atoms with Crippen LogP contribution >= 0.6 is 11.6 Å². The molecular weight excluding hydrogens is 252 g/mol. The van der Waals surface area contributed by atoms with Crippen molar-refractivity contribution in [3.05, 3.63) is 35.4 Å². The Morgan fingerprint density at radius 3 is 2.61 bits per heavy atom. The van der Waals surface area contributed by atoms with Gasteiger partial charge in [0.25, 0.3) is 0 Å². The van der Waals surface area contributed by atoms with Crippen LogP contribution in [0.1, 0.15) is 17.5 Å². The Morgan fingerprint density at radius 2 is 2.00 bits per heavy atom. The Morgan fingerprint density at radius 1 is 1.33 bits per heavy atom. The Hall–Kier alpha value is -1.55. The number of nitrogens with zero attached hydrogens (tertiary/aromatic N) is 1. The van der Waals surface area contributed by atoms with E-state index < -0.39 is 11.9 Å². The molecule has 0 spiro atoms. The summed E-state index contributed by atoms with van der Waals surface area (Å²) in [6, 6.07) is 7.22. The predicted octanol–water partition coefficient (Wildman–Crippen LogP) is 1.05. The van der Waals surface area contributed by atoms with Crippen molar-refractivity contribution in [1.82, 2.24) is 4.90 Å². The molecule has 2 rings (SSSR count). The van der Waals surface area contributed by atoms with E-state index in [1.54, 1.807) is 0 Å². The highest BCUT2D eigenvalue weighted by Crippen LogP contribution is 2.23. The molecule has 2 N–H and O–H groups in total. The quantitative estimate of drug-likeness (QED) is 0.832. The number of rotatable bonds is 3. The fourth-order valence-corrected chi connectivity index (χ4v) is 2.43. The van der Waals surface area contributed by atoms with Crippen molar-refractivity contribution in [3.63, 3.8) is 0 Å². The van der Waals surface area contributed by atoms with Crippen LogP contribution in [0.2, 0.25) is 0 Å². The summed E-state index contributed by atoms with van der Waals surface area (Å²) in [5.74, 6) is -0.335. The van der Waals surface area contributed by atoms with Gasteiger partial charge in [0, 0.05) is 25.3 Å². The third kappa shape index (κ3) is 2.48. The number of carbonyl (C=O) groups excluding carboxylic acids is 2. The van der Waals surface area contributed by atoms with Gasteiger partial charge in [-0.05, 0) is 11.1 Å². The van der Waals surface area contributed by atoms with Gasteiger partial charge in [-0.15, -0.1) is 11.6 Å². The van der Waals surface area contributed by atoms with Gasteiger partial charge in [-0.2, -0.15) is 0 Å². The van der Waals surface area contributed by atoms with Gasteiger partial charge in [0.15, 0.2) is 0 Å². The standard InChI is InChI=1S/C13H15ClN2O2/c14-6-5-12(17)16-8-10-4-2-1-3-9(10)7-11(16)13(15)18/h1-4,11H,5-8H2,(H2,15,18)/t11-/m0/s1. The molecule has 0 radical (unpaired) electrons. The maximum absolute atomic E-state index is 12.0. The highest BCUT2D eigenvalue weighted by atomic mass is 35.5. The van der Waals surface area contributed by atoms with Crippen molar-refractivity contribution in [1.29, 1.82) is 0 Å². The lowest BCUT2D eigenvalue weighted by atomic mass is 9.93. The number of fused-ring (bicyclic) bond motifs is 1. The van der Waals surface area contributed by atoms with Crippen molar-refractivity contribution in [2.45, 2.75) is 25.4 Å². The minimum absolute atomic E-state index is 0.122. The molecule has 1 aliphatic heterocycles. The molecule has 0 fully saturated rings. The molecular formula is C13H15ClN2O2. The van der Waals surface area contributed by atoms with Crippen LogP contribution in [0.15, 0.2) is 24.3 Å². The van der Waals surface area contributed by atoms with Gasteiger partial charge in [-0.1, -0.05) is 24.3 Å². The molecule has 0 bridgehead atoms. The minimum atomic E-state index is -0.560. The van der Waals surface area contributed by atoms with Crippen molar-refractivity contribution in [2.75, 3.05) is 5.88 Å². The first kappa shape index (κ1) is 12.9. The van der Waals surface area contributed by atoms with Crippen LogP contribution in [0.3, 0.4) is 0 Å². The Labute approximate surface area is 111 Å². The molecule has 1 heterocycles. The normalized spacial score (nSPS) is 18.3. The summed E-state index contributed by atoms with van der Waals surface area (Å²) in [5.41, 5.74) is 7.53. The minimum Gasteiger partial charge on any atom is -0.368 e. The van der Waals surface area contributed by atoms with Gasteiger partial charge in [-0.25, -0.2) is 0 Å². The number of benzene rings is 1. The van der Waals surface area contributed by atoms with Gasteiger partial charge in [0.05, 0.1) is 0 Å². The van der Waals surface area contributed by atoms with Crippen LogP contribution in [0, 0.1) is 0 Å². The predicted molar refractivity (Wildman–Crippen MR) is 69.0 cm³/mol. The second kappa shape index (κ2) is 5.40. The van der Waals surface area contributed by atoms with E-state index in [4.69, 9.17) is 17.3 Å². The molecule has 1 atom stereocenters. The van der Waals surface area contributed by atoms with E-state index in [1.165, 1.54) is 4.90 Å². The second-order valence-electron chi connectivity index (χ2n) is 4.35. The van der Waals surface area contributed by atoms with E-state index in [0.29, 0.717) is 13.0 Å². The summed E-state index contributed by atoms with van der Waals surface area (Å²) < 4.78 is 0.